The van der Waals surface area contributed by atoms with Gasteiger partial charge in [0.05, 0.1) is 10.0 Å². The number of hydrogen-bond acceptors (Lipinski definition) is 4. The molecule has 7 heteroatoms. The van der Waals surface area contributed by atoms with Crippen molar-refractivity contribution in [3.63, 3.8) is 0 Å². The van der Waals surface area contributed by atoms with Gasteiger partial charge in [-0.25, -0.2) is 0 Å². The van der Waals surface area contributed by atoms with Gasteiger partial charge in [0.2, 0.25) is 0 Å². The molecule has 2 aromatic rings. The number of nitrogens with one attached hydrogen (secondary N) is 2. The van der Waals surface area contributed by atoms with Crippen molar-refractivity contribution in [1.82, 2.24) is 4.90 Å². The summed E-state index contributed by atoms with van der Waals surface area (Å²) in [4.78, 5) is 2.68. The van der Waals surface area contributed by atoms with E-state index >= 15 is 0 Å². The van der Waals surface area contributed by atoms with E-state index in [1.807, 2.05) is 32.0 Å². The second kappa shape index (κ2) is 12.0. The van der Waals surface area contributed by atoms with Crippen LogP contribution < -0.4 is 5.14 Å². The third kappa shape index (κ3) is 7.93. The Kier molecular flexibility index (Phi) is 10.5. The molecule has 2 rings (SSSR count). The van der Waals surface area contributed by atoms with E-state index in [-0.39, 0.29) is 0 Å². The van der Waals surface area contributed by atoms with Gasteiger partial charge in [0.1, 0.15) is 11.7 Å². The molecule has 0 heterocycles. The fraction of sp³-hybridized carbons (Fsp3) is 0.300. The van der Waals surface area contributed by atoms with Gasteiger partial charge in [-0.15, -0.1) is 0 Å². The molecule has 0 spiro atoms. The average molecular weight is 425 g/mol. The van der Waals surface area contributed by atoms with Gasteiger partial charge in [0.15, 0.2) is 0 Å². The molecule has 146 valence electrons. The van der Waals surface area contributed by atoms with Crippen LogP contribution in [0.25, 0.3) is 0 Å². The first-order valence-corrected chi connectivity index (χ1v) is 10.3. The molecule has 2 aromatic carbocycles. The summed E-state index contributed by atoms with van der Waals surface area (Å²) >= 11 is 12.5. The zero-order chi connectivity index (χ0) is 20.4. The van der Waals surface area contributed by atoms with Gasteiger partial charge in [-0.1, -0.05) is 60.0 Å². The Balaban J connectivity index is 0.000000309. The Labute approximate surface area is 176 Å². The van der Waals surface area contributed by atoms with Gasteiger partial charge in [-0.05, 0) is 49.6 Å². The van der Waals surface area contributed by atoms with Crippen LogP contribution in [-0.4, -0.2) is 23.1 Å². The number of rotatable bonds is 5. The number of likely N-dealkylation sites (N-methyl/N-ethyl adjacent to an activating group) is 1. The van der Waals surface area contributed by atoms with Crippen LogP contribution in [0, 0.1) is 17.7 Å². The minimum absolute atomic E-state index is 0.503. The molecule has 0 aliphatic carbocycles. The van der Waals surface area contributed by atoms with E-state index in [9.17, 15) is 0 Å². The molecular weight excluding hydrogens is 399 g/mol. The van der Waals surface area contributed by atoms with Crippen molar-refractivity contribution in [3.8, 4) is 0 Å². The van der Waals surface area contributed by atoms with E-state index in [0.29, 0.717) is 41.1 Å². The summed E-state index contributed by atoms with van der Waals surface area (Å²) in [5, 5.41) is 22.2. The van der Waals surface area contributed by atoms with Crippen molar-refractivity contribution in [2.45, 2.75) is 38.5 Å². The summed E-state index contributed by atoms with van der Waals surface area (Å²) < 4.78 is 0. The highest BCUT2D eigenvalue weighted by Crippen LogP contribution is 2.25. The Morgan fingerprint density at radius 2 is 1.63 bits per heavy atom. The summed E-state index contributed by atoms with van der Waals surface area (Å²) in [6.45, 7) is 6.68. The summed E-state index contributed by atoms with van der Waals surface area (Å²) in [5.74, 6) is 1.02. The van der Waals surface area contributed by atoms with Crippen LogP contribution in [0.1, 0.15) is 31.4 Å². The van der Waals surface area contributed by atoms with Crippen molar-refractivity contribution in [2.75, 3.05) is 6.54 Å². The predicted molar refractivity (Wildman–Crippen MR) is 120 cm³/mol. The molecule has 0 aliphatic rings. The summed E-state index contributed by atoms with van der Waals surface area (Å²) in [7, 11) is 0. The molecular formula is C20H26Cl2N4S. The number of nitrogens with two attached hydrogens (primary N) is 1. The average Bonchev–Trinajstić information content (AvgIpc) is 2.66. The Morgan fingerprint density at radius 3 is 2.11 bits per heavy atom. The van der Waals surface area contributed by atoms with Crippen molar-refractivity contribution in [1.29, 1.82) is 10.8 Å². The maximum Gasteiger partial charge on any atom is 0.106 e. The van der Waals surface area contributed by atoms with Crippen LogP contribution in [-0.2, 0) is 6.42 Å². The standard InChI is InChI=1S/C14H21N3.C6H5Cl2NS/c1-4-13(15)17(5-2)14(16)10-12-8-6-11(3)7-9-12;7-5-2-1-4(10-9)3-6(5)8/h6-9,15-16H,4-5,10H2,1-3H3;1-3H,9H2. The highest BCUT2D eigenvalue weighted by molar-refractivity contribution is 7.97. The maximum absolute atomic E-state index is 8.06. The van der Waals surface area contributed by atoms with Crippen LogP contribution in [0.15, 0.2) is 47.4 Å². The van der Waals surface area contributed by atoms with Gasteiger partial charge in [-0.2, -0.15) is 0 Å². The minimum atomic E-state index is 0.503. The molecule has 0 amide bonds. The first-order chi connectivity index (χ1) is 12.8. The monoisotopic (exact) mass is 424 g/mol. The Hall–Kier alpha value is -1.53. The van der Waals surface area contributed by atoms with Gasteiger partial charge < -0.3 is 4.90 Å². The topological polar surface area (TPSA) is 77.0 Å². The van der Waals surface area contributed by atoms with Gasteiger partial charge in [-0.3, -0.25) is 16.0 Å². The predicted octanol–water partition coefficient (Wildman–Crippen LogP) is 6.18. The molecule has 27 heavy (non-hydrogen) atoms. The molecule has 0 aromatic heterocycles. The van der Waals surface area contributed by atoms with Crippen LogP contribution in [0.3, 0.4) is 0 Å². The lowest BCUT2D eigenvalue weighted by Gasteiger charge is -2.23. The molecule has 0 fully saturated rings. The molecule has 4 nitrogen and oxygen atoms in total. The van der Waals surface area contributed by atoms with Crippen LogP contribution >= 0.6 is 35.1 Å². The van der Waals surface area contributed by atoms with Crippen molar-refractivity contribution < 1.29 is 0 Å². The highest BCUT2D eigenvalue weighted by atomic mass is 35.5. The number of benzene rings is 2. The lowest BCUT2D eigenvalue weighted by atomic mass is 10.1. The number of hydrogen-bond donors (Lipinski definition) is 3. The largest absolute Gasteiger partial charge is 0.319 e. The number of halogens is 2. The molecule has 0 unspecified atom stereocenters. The molecule has 0 aliphatic heterocycles. The normalized spacial score (nSPS) is 10.0. The van der Waals surface area contributed by atoms with E-state index in [1.165, 1.54) is 5.56 Å². The SMILES string of the molecule is CCC(=N)N(CC)C(=N)Cc1ccc(C)cc1.NSc1ccc(Cl)c(Cl)c1. The molecule has 0 radical (unpaired) electrons. The third-order valence-electron chi connectivity index (χ3n) is 3.82. The number of amidine groups is 2. The van der Waals surface area contributed by atoms with Crippen LogP contribution in [0.4, 0.5) is 0 Å². The van der Waals surface area contributed by atoms with E-state index in [0.717, 1.165) is 22.4 Å². The summed E-state index contributed by atoms with van der Waals surface area (Å²) in [5.41, 5.74) is 2.36. The first kappa shape index (κ1) is 23.5. The Morgan fingerprint density at radius 1 is 1.00 bits per heavy atom. The molecule has 0 saturated heterocycles. The summed E-state index contributed by atoms with van der Waals surface area (Å²) in [6.07, 6.45) is 1.26. The summed E-state index contributed by atoms with van der Waals surface area (Å²) in [6, 6.07) is 13.5. The second-order valence-corrected chi connectivity index (χ2v) is 7.37. The van der Waals surface area contributed by atoms with Gasteiger partial charge in [0.25, 0.3) is 0 Å². The van der Waals surface area contributed by atoms with E-state index in [4.69, 9.17) is 39.2 Å². The number of aryl methyl sites for hydroxylation is 1. The minimum Gasteiger partial charge on any atom is -0.319 e. The number of nitrogens with zero attached hydrogens (tertiary/aromatic N) is 1. The fourth-order valence-corrected chi connectivity index (χ4v) is 2.98. The quantitative estimate of drug-likeness (QED) is 0.304. The third-order valence-corrected chi connectivity index (χ3v) is 5.09. The van der Waals surface area contributed by atoms with E-state index < -0.39 is 0 Å². The zero-order valence-corrected chi connectivity index (χ0v) is 18.2. The van der Waals surface area contributed by atoms with Gasteiger partial charge in [0, 0.05) is 24.3 Å². The highest BCUT2D eigenvalue weighted by Gasteiger charge is 2.11. The first-order valence-electron chi connectivity index (χ1n) is 8.62. The smallest absolute Gasteiger partial charge is 0.106 e. The van der Waals surface area contributed by atoms with Gasteiger partial charge >= 0.3 is 0 Å². The van der Waals surface area contributed by atoms with Crippen molar-refractivity contribution in [2.24, 2.45) is 5.14 Å². The Bertz CT molecular complexity index is 763. The lowest BCUT2D eigenvalue weighted by molar-refractivity contribution is 0.608. The zero-order valence-electron chi connectivity index (χ0n) is 15.9. The van der Waals surface area contributed by atoms with Crippen molar-refractivity contribution in [3.05, 3.63) is 63.6 Å². The molecule has 0 bridgehead atoms. The van der Waals surface area contributed by atoms with E-state index in [2.05, 4.69) is 19.1 Å². The van der Waals surface area contributed by atoms with E-state index in [1.54, 1.807) is 17.0 Å². The van der Waals surface area contributed by atoms with Crippen molar-refractivity contribution >= 4 is 46.8 Å². The molecule has 4 N–H and O–H groups in total. The fourth-order valence-electron chi connectivity index (χ4n) is 2.28. The molecule has 0 saturated carbocycles. The maximum atomic E-state index is 8.06. The van der Waals surface area contributed by atoms with Crippen LogP contribution in [0.2, 0.25) is 10.0 Å². The van der Waals surface area contributed by atoms with Crippen LogP contribution in [0.5, 0.6) is 0 Å². The lowest BCUT2D eigenvalue weighted by Crippen LogP contribution is -2.36. The second-order valence-electron chi connectivity index (χ2n) is 5.85. The molecule has 0 atom stereocenters.